The summed E-state index contributed by atoms with van der Waals surface area (Å²) in [5.41, 5.74) is 5.08. The van der Waals surface area contributed by atoms with Gasteiger partial charge < -0.3 is 19.3 Å². The van der Waals surface area contributed by atoms with Crippen molar-refractivity contribution >= 4 is 29.3 Å². The van der Waals surface area contributed by atoms with Crippen LogP contribution in [-0.2, 0) is 16.0 Å². The van der Waals surface area contributed by atoms with E-state index in [0.717, 1.165) is 22.4 Å². The molecule has 0 aliphatic carbocycles. The number of nitrogens with one attached hydrogen (secondary N) is 1. The van der Waals surface area contributed by atoms with Gasteiger partial charge in [0, 0.05) is 37.4 Å². The maximum atomic E-state index is 13.7. The summed E-state index contributed by atoms with van der Waals surface area (Å²) in [5, 5.41) is 8.89. The second-order valence-electron chi connectivity index (χ2n) is 10.6. The standard InChI is InChI=1S/C29H36N4O6/c1-29(2,3)39-28(36)32-13-11-22(12-14-32)24-5-4-6-25(19-24)33(27(35)31-15-17-38-18-16-31)20-21-7-9-23(10-8-21)26(34)30-37/h4-11,19,37H,12-18,20H2,1-3H3,(H,30,34). The highest BCUT2D eigenvalue weighted by Crippen LogP contribution is 2.28. The van der Waals surface area contributed by atoms with Crippen LogP contribution in [0.3, 0.4) is 0 Å². The molecule has 0 atom stereocenters. The summed E-state index contributed by atoms with van der Waals surface area (Å²) in [6.45, 7) is 8.87. The van der Waals surface area contributed by atoms with Gasteiger partial charge in [-0.3, -0.25) is 14.9 Å². The van der Waals surface area contributed by atoms with Gasteiger partial charge in [0.05, 0.1) is 19.8 Å². The lowest BCUT2D eigenvalue weighted by Crippen LogP contribution is -2.48. The summed E-state index contributed by atoms with van der Waals surface area (Å²) < 4.78 is 10.9. The topological polar surface area (TPSA) is 112 Å². The molecular weight excluding hydrogens is 500 g/mol. The molecule has 1 saturated heterocycles. The number of nitrogens with zero attached hydrogens (tertiary/aromatic N) is 3. The number of hydroxylamine groups is 1. The number of ether oxygens (including phenoxy) is 2. The van der Waals surface area contributed by atoms with Crippen molar-refractivity contribution in [3.05, 3.63) is 71.3 Å². The summed E-state index contributed by atoms with van der Waals surface area (Å²) in [6, 6.07) is 14.5. The predicted octanol–water partition coefficient (Wildman–Crippen LogP) is 4.29. The number of benzene rings is 2. The second kappa shape index (κ2) is 12.3. The Morgan fingerprint density at radius 3 is 2.36 bits per heavy atom. The van der Waals surface area contributed by atoms with E-state index in [9.17, 15) is 14.4 Å². The predicted molar refractivity (Wildman–Crippen MR) is 147 cm³/mol. The average Bonchev–Trinajstić information content (AvgIpc) is 2.95. The van der Waals surface area contributed by atoms with E-state index in [-0.39, 0.29) is 12.1 Å². The third kappa shape index (κ3) is 7.36. The van der Waals surface area contributed by atoms with E-state index in [0.29, 0.717) is 57.9 Å². The Morgan fingerprint density at radius 2 is 1.74 bits per heavy atom. The Labute approximate surface area is 228 Å². The van der Waals surface area contributed by atoms with Crippen LogP contribution in [-0.4, -0.2) is 78.0 Å². The fourth-order valence-corrected chi connectivity index (χ4v) is 4.50. The van der Waals surface area contributed by atoms with Gasteiger partial charge in [-0.2, -0.15) is 0 Å². The van der Waals surface area contributed by atoms with E-state index in [4.69, 9.17) is 14.7 Å². The number of amides is 4. The molecule has 0 saturated carbocycles. The van der Waals surface area contributed by atoms with Gasteiger partial charge in [-0.15, -0.1) is 0 Å². The molecule has 2 aromatic rings. The Hall–Kier alpha value is -3.89. The van der Waals surface area contributed by atoms with Gasteiger partial charge >= 0.3 is 12.1 Å². The molecule has 2 aliphatic heterocycles. The molecule has 0 bridgehead atoms. The first-order valence-electron chi connectivity index (χ1n) is 13.1. The molecule has 4 rings (SSSR count). The summed E-state index contributed by atoms with van der Waals surface area (Å²) >= 11 is 0. The van der Waals surface area contributed by atoms with Crippen LogP contribution in [0.2, 0.25) is 0 Å². The molecule has 39 heavy (non-hydrogen) atoms. The van der Waals surface area contributed by atoms with Crippen LogP contribution in [0.1, 0.15) is 48.7 Å². The van der Waals surface area contributed by atoms with E-state index >= 15 is 0 Å². The lowest BCUT2D eigenvalue weighted by atomic mass is 9.99. The smallest absolute Gasteiger partial charge is 0.410 e. The summed E-state index contributed by atoms with van der Waals surface area (Å²) in [5.74, 6) is -0.596. The van der Waals surface area contributed by atoms with Crippen LogP contribution in [0, 0.1) is 0 Å². The van der Waals surface area contributed by atoms with Gasteiger partial charge in [-0.25, -0.2) is 15.1 Å². The van der Waals surface area contributed by atoms with Crippen LogP contribution >= 0.6 is 0 Å². The molecule has 0 radical (unpaired) electrons. The summed E-state index contributed by atoms with van der Waals surface area (Å²) in [4.78, 5) is 43.0. The van der Waals surface area contributed by atoms with Crippen LogP contribution < -0.4 is 10.4 Å². The molecule has 0 aromatic heterocycles. The molecule has 2 N–H and O–H groups in total. The number of hydrogen-bond donors (Lipinski definition) is 2. The lowest BCUT2D eigenvalue weighted by Gasteiger charge is -2.33. The van der Waals surface area contributed by atoms with Crippen molar-refractivity contribution < 1.29 is 29.1 Å². The molecule has 2 aliphatic rings. The zero-order valence-electron chi connectivity index (χ0n) is 22.7. The summed E-state index contributed by atoms with van der Waals surface area (Å²) in [7, 11) is 0. The van der Waals surface area contributed by atoms with Gasteiger partial charge in [0.1, 0.15) is 5.60 Å². The van der Waals surface area contributed by atoms with Crippen LogP contribution in [0.15, 0.2) is 54.6 Å². The minimum Gasteiger partial charge on any atom is -0.444 e. The van der Waals surface area contributed by atoms with Gasteiger partial charge in [0.25, 0.3) is 5.91 Å². The molecule has 2 aromatic carbocycles. The average molecular weight is 537 g/mol. The number of carbonyl (C=O) groups is 3. The molecular formula is C29H36N4O6. The molecule has 10 nitrogen and oxygen atoms in total. The van der Waals surface area contributed by atoms with Gasteiger partial charge in [0.15, 0.2) is 0 Å². The molecule has 0 unspecified atom stereocenters. The van der Waals surface area contributed by atoms with E-state index in [1.807, 2.05) is 51.1 Å². The molecule has 208 valence electrons. The van der Waals surface area contributed by atoms with Crippen molar-refractivity contribution in [1.82, 2.24) is 15.3 Å². The van der Waals surface area contributed by atoms with Crippen molar-refractivity contribution in [3.63, 3.8) is 0 Å². The fraction of sp³-hybridized carbons (Fsp3) is 0.414. The Kier molecular flexibility index (Phi) is 8.88. The van der Waals surface area contributed by atoms with Gasteiger partial charge in [-0.1, -0.05) is 30.3 Å². The third-order valence-corrected chi connectivity index (χ3v) is 6.56. The lowest BCUT2D eigenvalue weighted by molar-refractivity contribution is 0.0270. The Bertz CT molecular complexity index is 1220. The highest BCUT2D eigenvalue weighted by molar-refractivity contribution is 5.94. The van der Waals surface area contributed by atoms with Crippen LogP contribution in [0.4, 0.5) is 15.3 Å². The first kappa shape index (κ1) is 28.1. The number of morpholine rings is 1. The molecule has 10 heteroatoms. The number of rotatable bonds is 5. The van der Waals surface area contributed by atoms with Crippen LogP contribution in [0.5, 0.6) is 0 Å². The first-order valence-corrected chi connectivity index (χ1v) is 13.1. The quantitative estimate of drug-likeness (QED) is 0.436. The number of carbonyl (C=O) groups excluding carboxylic acids is 3. The number of anilines is 1. The van der Waals surface area contributed by atoms with Gasteiger partial charge in [0.2, 0.25) is 0 Å². The normalized spacial score (nSPS) is 15.8. The van der Waals surface area contributed by atoms with Gasteiger partial charge in [-0.05, 0) is 68.2 Å². The minimum absolute atomic E-state index is 0.124. The molecule has 4 amide bonds. The van der Waals surface area contributed by atoms with Crippen molar-refractivity contribution in [2.45, 2.75) is 39.3 Å². The Balaban J connectivity index is 1.56. The zero-order valence-corrected chi connectivity index (χ0v) is 22.7. The summed E-state index contributed by atoms with van der Waals surface area (Å²) in [6.07, 6.45) is 2.39. The third-order valence-electron chi connectivity index (χ3n) is 6.56. The SMILES string of the molecule is CC(C)(C)OC(=O)N1CC=C(c2cccc(N(Cc3ccc(C(=O)NO)cc3)C(=O)N3CCOCC3)c2)CC1. The zero-order chi connectivity index (χ0) is 28.0. The largest absolute Gasteiger partial charge is 0.444 e. The van der Waals surface area contributed by atoms with Crippen molar-refractivity contribution in [2.24, 2.45) is 0 Å². The van der Waals surface area contributed by atoms with E-state index in [1.165, 1.54) is 0 Å². The maximum absolute atomic E-state index is 13.7. The Morgan fingerprint density at radius 1 is 1.03 bits per heavy atom. The first-order chi connectivity index (χ1) is 18.6. The van der Waals surface area contributed by atoms with E-state index in [2.05, 4.69) is 0 Å². The molecule has 0 spiro atoms. The maximum Gasteiger partial charge on any atom is 0.410 e. The number of urea groups is 1. The molecule has 1 fully saturated rings. The number of hydrogen-bond acceptors (Lipinski definition) is 6. The minimum atomic E-state index is -0.596. The van der Waals surface area contributed by atoms with Crippen LogP contribution in [0.25, 0.3) is 5.57 Å². The van der Waals surface area contributed by atoms with Crippen molar-refractivity contribution in [3.8, 4) is 0 Å². The van der Waals surface area contributed by atoms with Crippen molar-refractivity contribution in [2.75, 3.05) is 44.3 Å². The highest BCUT2D eigenvalue weighted by Gasteiger charge is 2.26. The second-order valence-corrected chi connectivity index (χ2v) is 10.6. The highest BCUT2D eigenvalue weighted by atomic mass is 16.6. The van der Waals surface area contributed by atoms with Crippen molar-refractivity contribution in [1.29, 1.82) is 0 Å². The fourth-order valence-electron chi connectivity index (χ4n) is 4.50. The molecule has 2 heterocycles. The van der Waals surface area contributed by atoms with E-state index in [1.54, 1.807) is 44.4 Å². The van der Waals surface area contributed by atoms with E-state index < -0.39 is 11.5 Å². The monoisotopic (exact) mass is 536 g/mol.